The third-order valence-electron chi connectivity index (χ3n) is 2.29. The Balaban J connectivity index is 2.54. The summed E-state index contributed by atoms with van der Waals surface area (Å²) in [6.07, 6.45) is 0.140. The topological polar surface area (TPSA) is 81.9 Å². The van der Waals surface area contributed by atoms with Crippen LogP contribution >= 0.6 is 0 Å². The van der Waals surface area contributed by atoms with E-state index in [0.29, 0.717) is 5.76 Å². The van der Waals surface area contributed by atoms with Crippen LogP contribution in [0.25, 0.3) is 0 Å². The summed E-state index contributed by atoms with van der Waals surface area (Å²) < 4.78 is 14.3. The van der Waals surface area contributed by atoms with Crippen molar-refractivity contribution in [3.05, 3.63) is 17.5 Å². The maximum absolute atomic E-state index is 11.9. The Kier molecular flexibility index (Phi) is 5.31. The molecule has 0 atom stereocenters. The number of amides is 1. The predicted octanol–water partition coefficient (Wildman–Crippen LogP) is 0.456. The summed E-state index contributed by atoms with van der Waals surface area (Å²) in [7, 11) is 4.40. The van der Waals surface area contributed by atoms with E-state index < -0.39 is 0 Å². The summed E-state index contributed by atoms with van der Waals surface area (Å²) in [6.45, 7) is 0.518. The van der Waals surface area contributed by atoms with Crippen molar-refractivity contribution in [3.63, 3.8) is 0 Å². The first-order valence-electron chi connectivity index (χ1n) is 5.35. The normalized spacial score (nSPS) is 10.2. The number of aromatic nitrogens is 1. The summed E-state index contributed by atoms with van der Waals surface area (Å²) in [5.74, 6) is -0.206. The standard InChI is InChI=1S/C11H16N2O5/c1-13(5-4-10(14)17-3)11(15)9-6-8(7-16-2)18-12-9/h6H,4-5,7H2,1-3H3. The van der Waals surface area contributed by atoms with Crippen LogP contribution in [0.2, 0.25) is 0 Å². The highest BCUT2D eigenvalue weighted by Crippen LogP contribution is 2.07. The predicted molar refractivity (Wildman–Crippen MR) is 60.8 cm³/mol. The van der Waals surface area contributed by atoms with Gasteiger partial charge in [-0.05, 0) is 0 Å². The van der Waals surface area contributed by atoms with Crippen LogP contribution in [0.15, 0.2) is 10.6 Å². The van der Waals surface area contributed by atoms with Crippen LogP contribution in [0.5, 0.6) is 0 Å². The summed E-state index contributed by atoms with van der Waals surface area (Å²) in [4.78, 5) is 24.2. The van der Waals surface area contributed by atoms with Crippen molar-refractivity contribution >= 4 is 11.9 Å². The fourth-order valence-corrected chi connectivity index (χ4v) is 1.28. The van der Waals surface area contributed by atoms with Gasteiger partial charge in [-0.1, -0.05) is 5.16 Å². The van der Waals surface area contributed by atoms with Crippen molar-refractivity contribution < 1.29 is 23.6 Å². The number of hydrogen-bond donors (Lipinski definition) is 0. The molecule has 18 heavy (non-hydrogen) atoms. The third kappa shape index (κ3) is 3.85. The molecule has 1 rings (SSSR count). The molecule has 0 aliphatic rings. The van der Waals surface area contributed by atoms with Gasteiger partial charge in [0.15, 0.2) is 11.5 Å². The zero-order chi connectivity index (χ0) is 13.5. The van der Waals surface area contributed by atoms with Crippen molar-refractivity contribution in [3.8, 4) is 0 Å². The van der Waals surface area contributed by atoms with Gasteiger partial charge in [0.05, 0.1) is 13.5 Å². The second kappa shape index (κ2) is 6.75. The van der Waals surface area contributed by atoms with Crippen LogP contribution < -0.4 is 0 Å². The van der Waals surface area contributed by atoms with E-state index in [4.69, 9.17) is 9.26 Å². The highest BCUT2D eigenvalue weighted by atomic mass is 16.5. The lowest BCUT2D eigenvalue weighted by atomic mass is 10.3. The van der Waals surface area contributed by atoms with Gasteiger partial charge in [0.2, 0.25) is 0 Å². The first kappa shape index (κ1) is 14.2. The molecule has 0 unspecified atom stereocenters. The van der Waals surface area contributed by atoms with E-state index >= 15 is 0 Å². The molecule has 100 valence electrons. The minimum Gasteiger partial charge on any atom is -0.469 e. The molecule has 0 saturated heterocycles. The Morgan fingerprint density at radius 2 is 2.17 bits per heavy atom. The molecule has 1 heterocycles. The van der Waals surface area contributed by atoms with Crippen LogP contribution in [-0.2, 0) is 20.9 Å². The van der Waals surface area contributed by atoms with Crippen LogP contribution in [0.4, 0.5) is 0 Å². The van der Waals surface area contributed by atoms with E-state index in [1.165, 1.54) is 25.2 Å². The molecule has 0 aliphatic carbocycles. The fraction of sp³-hybridized carbons (Fsp3) is 0.545. The number of ether oxygens (including phenoxy) is 2. The summed E-state index contributed by atoms with van der Waals surface area (Å²) in [5, 5.41) is 3.64. The second-order valence-electron chi connectivity index (χ2n) is 3.66. The molecule has 0 aromatic carbocycles. The van der Waals surface area contributed by atoms with Gasteiger partial charge in [-0.25, -0.2) is 0 Å². The molecule has 1 aromatic heterocycles. The van der Waals surface area contributed by atoms with Gasteiger partial charge < -0.3 is 18.9 Å². The minimum absolute atomic E-state index is 0.140. The minimum atomic E-state index is -0.366. The zero-order valence-electron chi connectivity index (χ0n) is 10.6. The third-order valence-corrected chi connectivity index (χ3v) is 2.29. The molecular weight excluding hydrogens is 240 g/mol. The Morgan fingerprint density at radius 1 is 1.44 bits per heavy atom. The maximum Gasteiger partial charge on any atom is 0.307 e. The Morgan fingerprint density at radius 3 is 2.78 bits per heavy atom. The van der Waals surface area contributed by atoms with E-state index in [1.807, 2.05) is 0 Å². The number of nitrogens with zero attached hydrogens (tertiary/aromatic N) is 2. The summed E-state index contributed by atoms with van der Waals surface area (Å²) in [6, 6.07) is 1.51. The molecule has 1 amide bonds. The second-order valence-corrected chi connectivity index (χ2v) is 3.66. The maximum atomic E-state index is 11.9. The van der Waals surface area contributed by atoms with Crippen LogP contribution in [-0.4, -0.2) is 49.7 Å². The van der Waals surface area contributed by atoms with Crippen LogP contribution in [0, 0.1) is 0 Å². The number of hydrogen-bond acceptors (Lipinski definition) is 6. The number of esters is 1. The highest BCUT2D eigenvalue weighted by Gasteiger charge is 2.17. The largest absolute Gasteiger partial charge is 0.469 e. The number of rotatable bonds is 6. The SMILES string of the molecule is COCc1cc(C(=O)N(C)CCC(=O)OC)no1. The lowest BCUT2D eigenvalue weighted by Crippen LogP contribution is -2.29. The van der Waals surface area contributed by atoms with Crippen molar-refractivity contribution in [2.24, 2.45) is 0 Å². The molecule has 0 N–H and O–H groups in total. The van der Waals surface area contributed by atoms with Crippen molar-refractivity contribution in [2.45, 2.75) is 13.0 Å². The van der Waals surface area contributed by atoms with E-state index in [2.05, 4.69) is 9.89 Å². The number of methoxy groups -OCH3 is 2. The lowest BCUT2D eigenvalue weighted by molar-refractivity contribution is -0.140. The summed E-state index contributed by atoms with van der Waals surface area (Å²) >= 11 is 0. The van der Waals surface area contributed by atoms with Gasteiger partial charge in [-0.15, -0.1) is 0 Å². The Hall–Kier alpha value is -1.89. The molecule has 7 heteroatoms. The van der Waals surface area contributed by atoms with E-state index in [-0.39, 0.29) is 37.1 Å². The van der Waals surface area contributed by atoms with Crippen molar-refractivity contribution in [1.82, 2.24) is 10.1 Å². The first-order chi connectivity index (χ1) is 8.58. The van der Waals surface area contributed by atoms with Crippen molar-refractivity contribution in [2.75, 3.05) is 27.8 Å². The molecular formula is C11H16N2O5. The molecule has 7 nitrogen and oxygen atoms in total. The van der Waals surface area contributed by atoms with E-state index in [1.54, 1.807) is 7.05 Å². The van der Waals surface area contributed by atoms with Gasteiger partial charge in [0, 0.05) is 26.8 Å². The first-order valence-corrected chi connectivity index (χ1v) is 5.35. The molecule has 0 fully saturated rings. The van der Waals surface area contributed by atoms with E-state index in [0.717, 1.165) is 0 Å². The van der Waals surface area contributed by atoms with E-state index in [9.17, 15) is 9.59 Å². The highest BCUT2D eigenvalue weighted by molar-refractivity contribution is 5.92. The molecule has 1 aromatic rings. The van der Waals surface area contributed by atoms with Gasteiger partial charge in [0.25, 0.3) is 5.91 Å². The summed E-state index contributed by atoms with van der Waals surface area (Å²) in [5.41, 5.74) is 0.189. The van der Waals surface area contributed by atoms with Gasteiger partial charge in [-0.2, -0.15) is 0 Å². The molecule has 0 radical (unpaired) electrons. The smallest absolute Gasteiger partial charge is 0.307 e. The fourth-order valence-electron chi connectivity index (χ4n) is 1.28. The Labute approximate surface area is 105 Å². The number of carbonyl (C=O) groups excluding carboxylic acids is 2. The molecule has 0 bridgehead atoms. The van der Waals surface area contributed by atoms with Crippen LogP contribution in [0.3, 0.4) is 0 Å². The van der Waals surface area contributed by atoms with Gasteiger partial charge >= 0.3 is 5.97 Å². The van der Waals surface area contributed by atoms with Gasteiger partial charge in [-0.3, -0.25) is 9.59 Å². The Bertz CT molecular complexity index is 415. The lowest BCUT2D eigenvalue weighted by Gasteiger charge is -2.14. The zero-order valence-corrected chi connectivity index (χ0v) is 10.6. The molecule has 0 spiro atoms. The van der Waals surface area contributed by atoms with Crippen LogP contribution in [0.1, 0.15) is 22.7 Å². The molecule has 0 aliphatic heterocycles. The number of carbonyl (C=O) groups is 2. The quantitative estimate of drug-likeness (QED) is 0.687. The average Bonchev–Trinajstić information content (AvgIpc) is 2.83. The molecule has 0 saturated carbocycles. The average molecular weight is 256 g/mol. The monoisotopic (exact) mass is 256 g/mol. The van der Waals surface area contributed by atoms with Gasteiger partial charge in [0.1, 0.15) is 6.61 Å². The van der Waals surface area contributed by atoms with Crippen molar-refractivity contribution in [1.29, 1.82) is 0 Å².